The van der Waals surface area contributed by atoms with Gasteiger partial charge < -0.3 is 4.90 Å². The van der Waals surface area contributed by atoms with E-state index in [4.69, 9.17) is 0 Å². The Labute approximate surface area is 124 Å². The van der Waals surface area contributed by atoms with Crippen LogP contribution in [0.1, 0.15) is 5.56 Å². The average molecular weight is 275 g/mol. The fraction of sp³-hybridized carbons (Fsp3) is 0.111. The van der Waals surface area contributed by atoms with Gasteiger partial charge in [0.15, 0.2) is 0 Å². The zero-order valence-electron chi connectivity index (χ0n) is 12.2. The molecule has 0 bridgehead atoms. The molecule has 3 nitrogen and oxygen atoms in total. The van der Waals surface area contributed by atoms with Crippen molar-refractivity contribution in [3.05, 3.63) is 72.6 Å². The van der Waals surface area contributed by atoms with Crippen LogP contribution in [0.3, 0.4) is 0 Å². The second kappa shape index (κ2) is 5.75. The van der Waals surface area contributed by atoms with Crippen LogP contribution in [0.5, 0.6) is 0 Å². The fourth-order valence-corrected chi connectivity index (χ4v) is 2.16. The molecule has 0 aliphatic rings. The first kappa shape index (κ1) is 13.3. The summed E-state index contributed by atoms with van der Waals surface area (Å²) >= 11 is 0. The van der Waals surface area contributed by atoms with Crippen LogP contribution in [-0.2, 0) is 0 Å². The van der Waals surface area contributed by atoms with E-state index in [9.17, 15) is 0 Å². The Hall–Kier alpha value is -2.68. The van der Waals surface area contributed by atoms with Crippen LogP contribution in [0.2, 0.25) is 0 Å². The summed E-state index contributed by atoms with van der Waals surface area (Å²) in [4.78, 5) is 10.9. The number of benzene rings is 2. The average Bonchev–Trinajstić information content (AvgIpc) is 2.56. The Morgan fingerprint density at radius 3 is 2.00 bits per heavy atom. The van der Waals surface area contributed by atoms with Crippen LogP contribution in [0.15, 0.2) is 67.0 Å². The topological polar surface area (TPSA) is 29.0 Å². The van der Waals surface area contributed by atoms with E-state index in [2.05, 4.69) is 41.2 Å². The second-order valence-corrected chi connectivity index (χ2v) is 5.03. The Morgan fingerprint density at radius 1 is 0.762 bits per heavy atom. The van der Waals surface area contributed by atoms with Crippen LogP contribution >= 0.6 is 0 Å². The first-order chi connectivity index (χ1) is 10.2. The summed E-state index contributed by atoms with van der Waals surface area (Å²) < 4.78 is 0. The smallest absolute Gasteiger partial charge is 0.229 e. The monoisotopic (exact) mass is 275 g/mol. The number of nitrogens with zero attached hydrogens (tertiary/aromatic N) is 3. The third-order valence-electron chi connectivity index (χ3n) is 3.47. The molecule has 1 aromatic heterocycles. The van der Waals surface area contributed by atoms with Gasteiger partial charge in [-0.05, 0) is 24.6 Å². The molecule has 0 N–H and O–H groups in total. The van der Waals surface area contributed by atoms with Crippen LogP contribution in [0, 0.1) is 6.92 Å². The molecule has 104 valence electrons. The molecule has 0 saturated heterocycles. The van der Waals surface area contributed by atoms with Crippen molar-refractivity contribution < 1.29 is 0 Å². The van der Waals surface area contributed by atoms with Gasteiger partial charge in [0.1, 0.15) is 0 Å². The number of hydrogen-bond donors (Lipinski definition) is 0. The lowest BCUT2D eigenvalue weighted by Gasteiger charge is -2.16. The zero-order valence-corrected chi connectivity index (χ0v) is 12.2. The molecule has 0 unspecified atom stereocenters. The maximum atomic E-state index is 4.47. The fourth-order valence-electron chi connectivity index (χ4n) is 2.16. The minimum Gasteiger partial charge on any atom is -0.314 e. The van der Waals surface area contributed by atoms with Crippen molar-refractivity contribution in [3.8, 4) is 11.1 Å². The van der Waals surface area contributed by atoms with Gasteiger partial charge in [0.25, 0.3) is 0 Å². The largest absolute Gasteiger partial charge is 0.314 e. The Morgan fingerprint density at radius 2 is 1.38 bits per heavy atom. The van der Waals surface area contributed by atoms with Crippen molar-refractivity contribution in [3.63, 3.8) is 0 Å². The third kappa shape index (κ3) is 2.92. The normalized spacial score (nSPS) is 10.4. The summed E-state index contributed by atoms with van der Waals surface area (Å²) in [6.45, 7) is 2.08. The highest BCUT2D eigenvalue weighted by Gasteiger charge is 2.06. The number of hydrogen-bond acceptors (Lipinski definition) is 3. The van der Waals surface area contributed by atoms with Gasteiger partial charge >= 0.3 is 0 Å². The van der Waals surface area contributed by atoms with Gasteiger partial charge in [-0.2, -0.15) is 0 Å². The van der Waals surface area contributed by atoms with E-state index in [1.165, 1.54) is 5.56 Å². The van der Waals surface area contributed by atoms with E-state index in [1.807, 2.05) is 54.7 Å². The lowest BCUT2D eigenvalue weighted by atomic mass is 10.1. The summed E-state index contributed by atoms with van der Waals surface area (Å²) in [6, 6.07) is 18.5. The van der Waals surface area contributed by atoms with Gasteiger partial charge in [0.2, 0.25) is 5.95 Å². The number of aryl methyl sites for hydroxylation is 1. The number of anilines is 2. The maximum absolute atomic E-state index is 4.47. The molecular weight excluding hydrogens is 258 g/mol. The number of rotatable bonds is 3. The summed E-state index contributed by atoms with van der Waals surface area (Å²) in [5.74, 6) is 0.692. The molecule has 0 spiro atoms. The minimum atomic E-state index is 0.692. The molecule has 0 aliphatic carbocycles. The SMILES string of the molecule is Cc1ccc(-c2cnc(N(C)c3ccccc3)nc2)cc1. The van der Waals surface area contributed by atoms with Crippen molar-refractivity contribution in [1.82, 2.24) is 9.97 Å². The molecular formula is C18H17N3. The zero-order chi connectivity index (χ0) is 14.7. The third-order valence-corrected chi connectivity index (χ3v) is 3.47. The highest BCUT2D eigenvalue weighted by molar-refractivity contribution is 5.63. The lowest BCUT2D eigenvalue weighted by molar-refractivity contribution is 1.04. The van der Waals surface area contributed by atoms with E-state index < -0.39 is 0 Å². The lowest BCUT2D eigenvalue weighted by Crippen LogP contribution is -2.12. The standard InChI is InChI=1S/C18H17N3/c1-14-8-10-15(11-9-14)16-12-19-18(20-13-16)21(2)17-6-4-3-5-7-17/h3-13H,1-2H3. The van der Waals surface area contributed by atoms with E-state index in [1.54, 1.807) is 0 Å². The minimum absolute atomic E-state index is 0.692. The van der Waals surface area contributed by atoms with E-state index in [0.29, 0.717) is 5.95 Å². The van der Waals surface area contributed by atoms with Gasteiger partial charge in [0, 0.05) is 30.7 Å². The first-order valence-electron chi connectivity index (χ1n) is 6.92. The van der Waals surface area contributed by atoms with Crippen molar-refractivity contribution in [2.45, 2.75) is 6.92 Å². The molecule has 0 radical (unpaired) electrons. The van der Waals surface area contributed by atoms with Crippen molar-refractivity contribution in [2.75, 3.05) is 11.9 Å². The summed E-state index contributed by atoms with van der Waals surface area (Å²) in [6.07, 6.45) is 3.74. The molecule has 3 aromatic rings. The molecule has 0 aliphatic heterocycles. The Balaban J connectivity index is 1.85. The molecule has 3 heteroatoms. The van der Waals surface area contributed by atoms with E-state index in [-0.39, 0.29) is 0 Å². The van der Waals surface area contributed by atoms with Crippen LogP contribution in [-0.4, -0.2) is 17.0 Å². The molecule has 2 aromatic carbocycles. The Kier molecular flexibility index (Phi) is 3.65. The predicted octanol–water partition coefficient (Wildman–Crippen LogP) is 4.22. The number of para-hydroxylation sites is 1. The van der Waals surface area contributed by atoms with Gasteiger partial charge in [-0.25, -0.2) is 9.97 Å². The predicted molar refractivity (Wildman–Crippen MR) is 86.7 cm³/mol. The summed E-state index contributed by atoms with van der Waals surface area (Å²) in [5.41, 5.74) is 4.48. The maximum Gasteiger partial charge on any atom is 0.229 e. The van der Waals surface area contributed by atoms with Gasteiger partial charge in [-0.3, -0.25) is 0 Å². The van der Waals surface area contributed by atoms with Crippen molar-refractivity contribution in [2.24, 2.45) is 0 Å². The second-order valence-electron chi connectivity index (χ2n) is 5.03. The molecule has 0 saturated carbocycles. The van der Waals surface area contributed by atoms with Gasteiger partial charge in [0.05, 0.1) is 0 Å². The van der Waals surface area contributed by atoms with E-state index >= 15 is 0 Å². The molecule has 21 heavy (non-hydrogen) atoms. The summed E-state index contributed by atoms with van der Waals surface area (Å²) in [7, 11) is 1.97. The van der Waals surface area contributed by atoms with Crippen molar-refractivity contribution >= 4 is 11.6 Å². The van der Waals surface area contributed by atoms with Gasteiger partial charge in [-0.15, -0.1) is 0 Å². The number of aromatic nitrogens is 2. The molecule has 1 heterocycles. The van der Waals surface area contributed by atoms with Crippen LogP contribution < -0.4 is 4.90 Å². The Bertz CT molecular complexity index is 704. The van der Waals surface area contributed by atoms with E-state index in [0.717, 1.165) is 16.8 Å². The highest BCUT2D eigenvalue weighted by atomic mass is 15.2. The molecule has 0 amide bonds. The van der Waals surface area contributed by atoms with Gasteiger partial charge in [-0.1, -0.05) is 48.0 Å². The molecule has 3 rings (SSSR count). The molecule has 0 fully saturated rings. The summed E-state index contributed by atoms with van der Waals surface area (Å²) in [5, 5.41) is 0. The first-order valence-corrected chi connectivity index (χ1v) is 6.92. The van der Waals surface area contributed by atoms with Crippen LogP contribution in [0.4, 0.5) is 11.6 Å². The highest BCUT2D eigenvalue weighted by Crippen LogP contribution is 2.22. The van der Waals surface area contributed by atoms with Crippen molar-refractivity contribution in [1.29, 1.82) is 0 Å². The molecule has 0 atom stereocenters. The quantitative estimate of drug-likeness (QED) is 0.716. The van der Waals surface area contributed by atoms with Crippen LogP contribution in [0.25, 0.3) is 11.1 Å².